The summed E-state index contributed by atoms with van der Waals surface area (Å²) in [6, 6.07) is 10.3. The smallest absolute Gasteiger partial charge is 0.0991 e. The Morgan fingerprint density at radius 3 is 2.71 bits per heavy atom. The number of aromatic nitrogens is 1. The van der Waals surface area contributed by atoms with Gasteiger partial charge in [0.1, 0.15) is 0 Å². The topological polar surface area (TPSA) is 49.2 Å². The zero-order chi connectivity index (χ0) is 22.1. The van der Waals surface area contributed by atoms with Crippen LogP contribution in [0.25, 0.3) is 0 Å². The van der Waals surface area contributed by atoms with E-state index in [1.165, 1.54) is 35.5 Å². The zero-order valence-electron chi connectivity index (χ0n) is 19.4. The summed E-state index contributed by atoms with van der Waals surface area (Å²) in [6.07, 6.45) is 6.05. The highest BCUT2D eigenvalue weighted by molar-refractivity contribution is 7.09. The van der Waals surface area contributed by atoms with Crippen molar-refractivity contribution >= 4 is 11.3 Å². The molecule has 2 aromatic rings. The Morgan fingerprint density at radius 2 is 2.10 bits per heavy atom. The molecule has 2 aliphatic rings. The van der Waals surface area contributed by atoms with Crippen LogP contribution in [0, 0.1) is 16.7 Å². The molecule has 0 radical (unpaired) electrons. The molecule has 5 heteroatoms. The molecule has 3 heterocycles. The number of hydrogen-bond donors (Lipinski definition) is 0. The Hall–Kier alpha value is -1.74. The summed E-state index contributed by atoms with van der Waals surface area (Å²) in [5, 5.41) is 12.6. The van der Waals surface area contributed by atoms with E-state index >= 15 is 0 Å². The van der Waals surface area contributed by atoms with Crippen molar-refractivity contribution in [3.63, 3.8) is 0 Å². The largest absolute Gasteiger partial charge is 0.378 e. The molecular formula is C26H35N3OS. The number of thiazole rings is 1. The molecule has 0 N–H and O–H groups in total. The van der Waals surface area contributed by atoms with Crippen molar-refractivity contribution < 1.29 is 4.74 Å². The molecule has 2 saturated heterocycles. The average Bonchev–Trinajstić information content (AvgIpc) is 3.53. The summed E-state index contributed by atoms with van der Waals surface area (Å²) >= 11 is 1.79. The maximum Gasteiger partial charge on any atom is 0.0991 e. The van der Waals surface area contributed by atoms with Gasteiger partial charge in [-0.15, -0.1) is 11.3 Å². The maximum absolute atomic E-state index is 9.07. The molecule has 1 aromatic carbocycles. The van der Waals surface area contributed by atoms with Crippen LogP contribution in [0.5, 0.6) is 0 Å². The third kappa shape index (κ3) is 4.58. The predicted molar refractivity (Wildman–Crippen MR) is 126 cm³/mol. The highest BCUT2D eigenvalue weighted by Gasteiger charge is 2.49. The van der Waals surface area contributed by atoms with E-state index < -0.39 is 0 Å². The Morgan fingerprint density at radius 1 is 1.32 bits per heavy atom. The van der Waals surface area contributed by atoms with Crippen molar-refractivity contribution in [1.29, 1.82) is 5.26 Å². The monoisotopic (exact) mass is 437 g/mol. The van der Waals surface area contributed by atoms with Crippen LogP contribution in [-0.4, -0.2) is 35.7 Å². The van der Waals surface area contributed by atoms with Crippen LogP contribution in [0.3, 0.4) is 0 Å². The van der Waals surface area contributed by atoms with Gasteiger partial charge in [0, 0.05) is 29.9 Å². The first-order chi connectivity index (χ1) is 14.8. The lowest BCUT2D eigenvalue weighted by molar-refractivity contribution is -0.00857. The van der Waals surface area contributed by atoms with Crippen molar-refractivity contribution in [3.05, 3.63) is 51.5 Å². The van der Waals surface area contributed by atoms with Crippen LogP contribution in [0.1, 0.15) is 81.1 Å². The van der Waals surface area contributed by atoms with E-state index in [-0.39, 0.29) is 11.0 Å². The molecule has 2 atom stereocenters. The standard InChI is InChI=1S/C26H35N3OS/c1-19(2)24-28-22(17-31-24)25(3,4)29-14-13-26(18-29,23-6-5-15-30-23)12-11-20-7-9-21(16-27)10-8-20/h7-10,17,19,23H,5-6,11-15,18H2,1-4H3/t23?,26-/m1/s1. The van der Waals surface area contributed by atoms with E-state index in [4.69, 9.17) is 15.0 Å². The van der Waals surface area contributed by atoms with Crippen molar-refractivity contribution in [1.82, 2.24) is 9.88 Å². The van der Waals surface area contributed by atoms with Crippen LogP contribution in [0.15, 0.2) is 29.6 Å². The second kappa shape index (κ2) is 9.02. The lowest BCUT2D eigenvalue weighted by Crippen LogP contribution is -2.44. The van der Waals surface area contributed by atoms with Gasteiger partial charge in [0.05, 0.1) is 34.0 Å². The summed E-state index contributed by atoms with van der Waals surface area (Å²) in [7, 11) is 0. The first-order valence-electron chi connectivity index (χ1n) is 11.7. The maximum atomic E-state index is 9.07. The lowest BCUT2D eigenvalue weighted by atomic mass is 9.75. The van der Waals surface area contributed by atoms with Gasteiger partial charge in [0.25, 0.3) is 0 Å². The molecule has 31 heavy (non-hydrogen) atoms. The van der Waals surface area contributed by atoms with Gasteiger partial charge in [0.2, 0.25) is 0 Å². The molecule has 2 aliphatic heterocycles. The molecule has 1 aromatic heterocycles. The second-order valence-electron chi connectivity index (χ2n) is 10.1. The summed E-state index contributed by atoms with van der Waals surface area (Å²) in [5.41, 5.74) is 3.37. The normalized spacial score (nSPS) is 24.7. The molecule has 2 fully saturated rings. The minimum atomic E-state index is -0.0710. The van der Waals surface area contributed by atoms with Gasteiger partial charge in [-0.05, 0) is 70.2 Å². The third-order valence-electron chi connectivity index (χ3n) is 7.43. The van der Waals surface area contributed by atoms with Crippen LogP contribution >= 0.6 is 11.3 Å². The fraction of sp³-hybridized carbons (Fsp3) is 0.615. The number of benzene rings is 1. The molecule has 166 valence electrons. The van der Waals surface area contributed by atoms with Gasteiger partial charge in [-0.1, -0.05) is 26.0 Å². The summed E-state index contributed by atoms with van der Waals surface area (Å²) < 4.78 is 6.28. The molecule has 4 rings (SSSR count). The average molecular weight is 438 g/mol. The van der Waals surface area contributed by atoms with E-state index in [1.54, 1.807) is 11.3 Å². The molecule has 1 unspecified atom stereocenters. The zero-order valence-corrected chi connectivity index (χ0v) is 20.2. The van der Waals surface area contributed by atoms with E-state index in [0.717, 1.165) is 38.1 Å². The Labute approximate surface area is 191 Å². The first kappa shape index (κ1) is 22.5. The van der Waals surface area contributed by atoms with E-state index in [0.29, 0.717) is 12.0 Å². The molecule has 0 spiro atoms. The Balaban J connectivity index is 1.52. The van der Waals surface area contributed by atoms with Gasteiger partial charge >= 0.3 is 0 Å². The predicted octanol–water partition coefficient (Wildman–Crippen LogP) is 5.88. The third-order valence-corrected chi connectivity index (χ3v) is 8.57. The number of nitriles is 1. The highest BCUT2D eigenvalue weighted by atomic mass is 32.1. The van der Waals surface area contributed by atoms with E-state index in [1.807, 2.05) is 12.1 Å². The van der Waals surface area contributed by atoms with Gasteiger partial charge < -0.3 is 4.74 Å². The first-order valence-corrected chi connectivity index (χ1v) is 12.5. The summed E-state index contributed by atoms with van der Waals surface area (Å²) in [6.45, 7) is 12.2. The van der Waals surface area contributed by atoms with Crippen LogP contribution < -0.4 is 0 Å². The summed E-state index contributed by atoms with van der Waals surface area (Å²) in [5.74, 6) is 0.478. The van der Waals surface area contributed by atoms with E-state index in [2.05, 4.69) is 56.2 Å². The van der Waals surface area contributed by atoms with Gasteiger partial charge in [0.15, 0.2) is 0 Å². The fourth-order valence-corrected chi connectivity index (χ4v) is 6.19. The van der Waals surface area contributed by atoms with Crippen molar-refractivity contribution in [2.45, 2.75) is 77.4 Å². The van der Waals surface area contributed by atoms with Gasteiger partial charge in [-0.25, -0.2) is 4.98 Å². The molecule has 0 saturated carbocycles. The quantitative estimate of drug-likeness (QED) is 0.543. The van der Waals surface area contributed by atoms with Gasteiger partial charge in [-0.2, -0.15) is 5.26 Å². The number of aryl methyl sites for hydroxylation is 1. The van der Waals surface area contributed by atoms with Crippen LogP contribution in [0.4, 0.5) is 0 Å². The number of nitrogens with zero attached hydrogens (tertiary/aromatic N) is 3. The fourth-order valence-electron chi connectivity index (χ4n) is 5.20. The lowest BCUT2D eigenvalue weighted by Gasteiger charge is -2.39. The molecule has 0 aliphatic carbocycles. The van der Waals surface area contributed by atoms with Crippen molar-refractivity contribution in [2.24, 2.45) is 5.41 Å². The van der Waals surface area contributed by atoms with Gasteiger partial charge in [-0.3, -0.25) is 4.90 Å². The Bertz CT molecular complexity index is 921. The van der Waals surface area contributed by atoms with Crippen LogP contribution in [-0.2, 0) is 16.7 Å². The molecule has 0 bridgehead atoms. The number of rotatable bonds is 7. The molecule has 4 nitrogen and oxygen atoms in total. The molecule has 0 amide bonds. The minimum absolute atomic E-state index is 0.0710. The highest BCUT2D eigenvalue weighted by Crippen LogP contribution is 2.47. The summed E-state index contributed by atoms with van der Waals surface area (Å²) in [4.78, 5) is 7.65. The van der Waals surface area contributed by atoms with E-state index in [9.17, 15) is 0 Å². The second-order valence-corrected chi connectivity index (χ2v) is 11.0. The SMILES string of the molecule is CC(C)c1nc(C(C)(C)N2CC[C@@](CCc3ccc(C#N)cc3)(C3CCCO3)C2)cs1. The van der Waals surface area contributed by atoms with Crippen molar-refractivity contribution in [2.75, 3.05) is 19.7 Å². The minimum Gasteiger partial charge on any atom is -0.378 e. The Kier molecular flexibility index (Phi) is 6.53. The molecular weight excluding hydrogens is 402 g/mol. The van der Waals surface area contributed by atoms with Crippen molar-refractivity contribution in [3.8, 4) is 6.07 Å². The van der Waals surface area contributed by atoms with Crippen LogP contribution in [0.2, 0.25) is 0 Å². The number of hydrogen-bond acceptors (Lipinski definition) is 5. The number of likely N-dealkylation sites (tertiary alicyclic amines) is 1. The number of ether oxygens (including phenoxy) is 1.